The standard InChI is InChI=1S/C2H4Cl3O2Te/c3-8(4,5)6-1-2-7-8/h1-2H2. The van der Waals surface area contributed by atoms with E-state index in [1.54, 1.807) is 0 Å². The van der Waals surface area contributed by atoms with Crippen LogP contribution in [0.2, 0.25) is 0 Å². The van der Waals surface area contributed by atoms with E-state index in [-0.39, 0.29) is 0 Å². The molecule has 1 rings (SSSR count). The van der Waals surface area contributed by atoms with E-state index in [4.69, 9.17) is 33.1 Å². The minimum absolute atomic E-state index is 0.411. The summed E-state index contributed by atoms with van der Waals surface area (Å²) in [5, 5.41) is 0. The van der Waals surface area contributed by atoms with Gasteiger partial charge in [0.2, 0.25) is 0 Å². The molecule has 0 saturated carbocycles. The van der Waals surface area contributed by atoms with Crippen LogP contribution in [0.3, 0.4) is 0 Å². The summed E-state index contributed by atoms with van der Waals surface area (Å²) in [7, 11) is 16.5. The summed E-state index contributed by atoms with van der Waals surface area (Å²) in [6.45, 7) is 0.823. The van der Waals surface area contributed by atoms with Crippen LogP contribution in [-0.4, -0.2) is 27.5 Å². The van der Waals surface area contributed by atoms with Crippen molar-refractivity contribution in [2.24, 2.45) is 0 Å². The van der Waals surface area contributed by atoms with Crippen LogP contribution in [0, 0.1) is 0 Å². The Hall–Kier alpha value is 1.58. The van der Waals surface area contributed by atoms with Crippen molar-refractivity contribution < 1.29 is 6.20 Å². The van der Waals surface area contributed by atoms with Crippen molar-refractivity contribution in [2.45, 2.75) is 0 Å². The summed E-state index contributed by atoms with van der Waals surface area (Å²) >= 11 is -4.20. The van der Waals surface area contributed by atoms with E-state index in [0.29, 0.717) is 13.2 Å². The van der Waals surface area contributed by atoms with Gasteiger partial charge in [0.15, 0.2) is 0 Å². The van der Waals surface area contributed by atoms with E-state index < -0.39 is 14.3 Å². The molecule has 1 aliphatic heterocycles. The van der Waals surface area contributed by atoms with Crippen LogP contribution in [0.25, 0.3) is 0 Å². The molecule has 0 aliphatic carbocycles. The molecule has 0 spiro atoms. The summed E-state index contributed by atoms with van der Waals surface area (Å²) in [4.78, 5) is 0. The van der Waals surface area contributed by atoms with Crippen molar-refractivity contribution in [3.8, 4) is 0 Å². The molecule has 8 heavy (non-hydrogen) atoms. The number of halogens is 3. The van der Waals surface area contributed by atoms with Gasteiger partial charge in [-0.25, -0.2) is 0 Å². The van der Waals surface area contributed by atoms with Gasteiger partial charge in [-0.15, -0.1) is 0 Å². The Morgan fingerprint density at radius 2 is 1.38 bits per heavy atom. The molecule has 0 aromatic rings. The third-order valence-corrected chi connectivity index (χ3v) is 7.23. The normalized spacial score (nSPS) is 38.1. The second-order valence-corrected chi connectivity index (χ2v) is 20.6. The number of rotatable bonds is 0. The van der Waals surface area contributed by atoms with Gasteiger partial charge < -0.3 is 0 Å². The molecular weight excluding hydrogens is 290 g/mol. The van der Waals surface area contributed by atoms with Crippen molar-refractivity contribution in [3.63, 3.8) is 0 Å². The topological polar surface area (TPSA) is 18.5 Å². The molecule has 1 saturated heterocycles. The van der Waals surface area contributed by atoms with Crippen LogP contribution in [-0.2, 0) is 6.20 Å². The molecule has 1 heterocycles. The quantitative estimate of drug-likeness (QED) is 0.632. The van der Waals surface area contributed by atoms with E-state index >= 15 is 0 Å². The van der Waals surface area contributed by atoms with Crippen molar-refractivity contribution in [1.29, 1.82) is 0 Å². The summed E-state index contributed by atoms with van der Waals surface area (Å²) in [5.74, 6) is 0. The molecule has 0 atom stereocenters. The zero-order valence-electron chi connectivity index (χ0n) is 3.77. The van der Waals surface area contributed by atoms with Gasteiger partial charge in [-0.05, 0) is 0 Å². The second kappa shape index (κ2) is 2.03. The zero-order valence-corrected chi connectivity index (χ0v) is 8.37. The first-order valence-corrected chi connectivity index (χ1v) is 12.6. The van der Waals surface area contributed by atoms with E-state index in [1.807, 2.05) is 0 Å². The molecule has 1 radical (unpaired) electrons. The van der Waals surface area contributed by atoms with Gasteiger partial charge >= 0.3 is 60.6 Å². The van der Waals surface area contributed by atoms with Gasteiger partial charge in [0.1, 0.15) is 0 Å². The SMILES string of the molecule is Cl[Te]1(Cl)(Cl)OCCO1. The van der Waals surface area contributed by atoms with Crippen LogP contribution in [0.15, 0.2) is 0 Å². The molecule has 1 fully saturated rings. The first kappa shape index (κ1) is 7.68. The first-order chi connectivity index (χ1) is 3.47. The molecule has 0 aromatic carbocycles. The molecule has 0 N–H and O–H groups in total. The van der Waals surface area contributed by atoms with Gasteiger partial charge in [-0.1, -0.05) is 0 Å². The van der Waals surface area contributed by atoms with Crippen molar-refractivity contribution >= 4 is 41.2 Å². The van der Waals surface area contributed by atoms with Crippen LogP contribution >= 0.6 is 26.9 Å². The van der Waals surface area contributed by atoms with Crippen LogP contribution < -0.4 is 0 Å². The third-order valence-electron chi connectivity index (χ3n) is 0.613. The molecule has 1 aliphatic rings. The Labute approximate surface area is 60.3 Å². The van der Waals surface area contributed by atoms with E-state index in [1.165, 1.54) is 0 Å². The predicted octanol–water partition coefficient (Wildman–Crippen LogP) is 1.64. The second-order valence-electron chi connectivity index (χ2n) is 1.26. The van der Waals surface area contributed by atoms with Gasteiger partial charge in [0.25, 0.3) is 0 Å². The average molecular weight is 294 g/mol. The molecule has 0 unspecified atom stereocenters. The fourth-order valence-electron chi connectivity index (χ4n) is 0.359. The predicted molar refractivity (Wildman–Crippen MR) is 35.2 cm³/mol. The Morgan fingerprint density at radius 3 is 1.50 bits per heavy atom. The summed E-state index contributed by atoms with van der Waals surface area (Å²) in [6.07, 6.45) is 0. The molecule has 0 amide bonds. The molecule has 2 nitrogen and oxygen atoms in total. The molecule has 51 valence electrons. The van der Waals surface area contributed by atoms with Gasteiger partial charge in [0.05, 0.1) is 0 Å². The Bertz CT molecular complexity index is 97.6. The maximum absolute atomic E-state index is 5.50. The Morgan fingerprint density at radius 1 is 1.00 bits per heavy atom. The van der Waals surface area contributed by atoms with Crippen LogP contribution in [0.1, 0.15) is 0 Å². The third kappa shape index (κ3) is 2.07. The summed E-state index contributed by atoms with van der Waals surface area (Å²) < 4.78 is 9.59. The Kier molecular flexibility index (Phi) is 1.95. The summed E-state index contributed by atoms with van der Waals surface area (Å²) in [6, 6.07) is 0. The maximum atomic E-state index is 5.50. The zero-order chi connectivity index (χ0) is 6.28. The number of hydrogen-bond acceptors (Lipinski definition) is 2. The van der Waals surface area contributed by atoms with Gasteiger partial charge in [-0.3, -0.25) is 0 Å². The molecular formula is C2H4Cl3O2Te. The first-order valence-electron chi connectivity index (χ1n) is 1.87. The van der Waals surface area contributed by atoms with E-state index in [9.17, 15) is 0 Å². The average Bonchev–Trinajstić information content (AvgIpc) is 1.81. The van der Waals surface area contributed by atoms with Crippen LogP contribution in [0.5, 0.6) is 0 Å². The van der Waals surface area contributed by atoms with Crippen LogP contribution in [0.4, 0.5) is 0 Å². The number of hydrogen-bond donors (Lipinski definition) is 0. The minimum atomic E-state index is -4.20. The van der Waals surface area contributed by atoms with Crippen molar-refractivity contribution in [1.82, 2.24) is 0 Å². The molecule has 0 bridgehead atoms. The van der Waals surface area contributed by atoms with Crippen molar-refractivity contribution in [3.05, 3.63) is 0 Å². The fraction of sp³-hybridized carbons (Fsp3) is 1.00. The Balaban J connectivity index is 2.67. The fourth-order valence-corrected chi connectivity index (χ4v) is 4.94. The van der Waals surface area contributed by atoms with Gasteiger partial charge in [0, 0.05) is 0 Å². The van der Waals surface area contributed by atoms with Crippen molar-refractivity contribution in [2.75, 3.05) is 13.2 Å². The summed E-state index contributed by atoms with van der Waals surface area (Å²) in [5.41, 5.74) is 0. The molecule has 0 aromatic heterocycles. The van der Waals surface area contributed by atoms with E-state index in [2.05, 4.69) is 0 Å². The van der Waals surface area contributed by atoms with Gasteiger partial charge in [-0.2, -0.15) is 0 Å². The van der Waals surface area contributed by atoms with E-state index in [0.717, 1.165) is 0 Å². The monoisotopic (exact) mass is 295 g/mol. The molecule has 6 heteroatoms.